The number of imidazole rings is 1. The third-order valence-corrected chi connectivity index (χ3v) is 6.18. The van der Waals surface area contributed by atoms with Gasteiger partial charge in [-0.25, -0.2) is 14.0 Å². The maximum atomic E-state index is 12.5. The Morgan fingerprint density at radius 2 is 1.60 bits per heavy atom. The van der Waals surface area contributed by atoms with Crippen LogP contribution in [0.3, 0.4) is 0 Å². The fraction of sp³-hybridized carbons (Fsp3) is 0.320. The minimum Gasteiger partial charge on any atom is -0.740 e. The van der Waals surface area contributed by atoms with E-state index in [0.717, 1.165) is 24.8 Å². The summed E-state index contributed by atoms with van der Waals surface area (Å²) in [6.45, 7) is 0.376. The predicted molar refractivity (Wildman–Crippen MR) is 133 cm³/mol. The van der Waals surface area contributed by atoms with Crippen molar-refractivity contribution in [2.24, 2.45) is 0 Å². The van der Waals surface area contributed by atoms with Crippen LogP contribution in [0.25, 0.3) is 11.2 Å². The van der Waals surface area contributed by atoms with E-state index < -0.39 is 22.6 Å². The number of aryl methyl sites for hydroxylation is 4. The molecule has 184 valence electrons. The Morgan fingerprint density at radius 3 is 2.40 bits per heavy atom. The quantitative estimate of drug-likeness (QED) is 0.229. The lowest BCUT2D eigenvalue weighted by Gasteiger charge is -2.12. The Labute approximate surface area is 204 Å². The van der Waals surface area contributed by atoms with Gasteiger partial charge >= 0.3 is 5.69 Å². The van der Waals surface area contributed by atoms with Crippen LogP contribution in [-0.2, 0) is 37.2 Å². The lowest BCUT2D eigenvalue weighted by atomic mass is 10.1. The zero-order valence-corrected chi connectivity index (χ0v) is 20.0. The van der Waals surface area contributed by atoms with Crippen LogP contribution in [0.4, 0.5) is 0 Å². The molecule has 4 aromatic rings. The second kappa shape index (κ2) is 11.8. The van der Waals surface area contributed by atoms with Gasteiger partial charge < -0.3 is 13.7 Å². The Bertz CT molecular complexity index is 1410. The van der Waals surface area contributed by atoms with Crippen molar-refractivity contribution in [3.8, 4) is 5.75 Å². The number of nitrogens with zero attached hydrogens (tertiary/aromatic N) is 2. The number of para-hydroxylation sites is 1. The second-order valence-electron chi connectivity index (χ2n) is 8.34. The third kappa shape index (κ3) is 6.55. The topological polar surface area (TPSA) is 133 Å². The Balaban J connectivity index is 1.38. The van der Waals surface area contributed by atoms with Crippen molar-refractivity contribution in [3.63, 3.8) is 0 Å². The van der Waals surface area contributed by atoms with Crippen LogP contribution in [0.5, 0.6) is 5.75 Å². The van der Waals surface area contributed by atoms with Gasteiger partial charge in [-0.1, -0.05) is 48.5 Å². The summed E-state index contributed by atoms with van der Waals surface area (Å²) < 4.78 is 28.1. The van der Waals surface area contributed by atoms with E-state index in [2.05, 4.69) is 27.1 Å². The summed E-state index contributed by atoms with van der Waals surface area (Å²) in [7, 11) is 0. The molecular weight excluding hydrogens is 468 g/mol. The largest absolute Gasteiger partial charge is 0.740 e. The van der Waals surface area contributed by atoms with Gasteiger partial charge in [0.05, 0.1) is 0 Å². The van der Waals surface area contributed by atoms with E-state index in [9.17, 15) is 18.4 Å². The molecule has 0 bridgehead atoms. The van der Waals surface area contributed by atoms with Crippen LogP contribution in [-0.4, -0.2) is 28.3 Å². The van der Waals surface area contributed by atoms with Gasteiger partial charge in [-0.2, -0.15) is 0 Å². The summed E-state index contributed by atoms with van der Waals surface area (Å²) >= 11 is -2.64. The molecule has 1 unspecified atom stereocenters. The van der Waals surface area contributed by atoms with E-state index >= 15 is 0 Å². The lowest BCUT2D eigenvalue weighted by Crippen LogP contribution is -2.30. The van der Waals surface area contributed by atoms with Crippen molar-refractivity contribution in [2.45, 2.75) is 51.5 Å². The smallest absolute Gasteiger partial charge is 0.330 e. The molecule has 9 nitrogen and oxygen atoms in total. The summed E-state index contributed by atoms with van der Waals surface area (Å²) in [5, 5.41) is 0. The van der Waals surface area contributed by atoms with Gasteiger partial charge in [-0.3, -0.25) is 14.3 Å². The number of benzene rings is 2. The van der Waals surface area contributed by atoms with Gasteiger partial charge in [0.15, 0.2) is 5.65 Å². The van der Waals surface area contributed by atoms with E-state index in [1.807, 2.05) is 30.3 Å². The lowest BCUT2D eigenvalue weighted by molar-refractivity contribution is 0.437. The summed E-state index contributed by atoms with van der Waals surface area (Å²) in [5.41, 5.74) is 1.77. The fourth-order valence-electron chi connectivity index (χ4n) is 4.13. The first-order chi connectivity index (χ1) is 17.0. The van der Waals surface area contributed by atoms with Crippen LogP contribution in [0, 0.1) is 0 Å². The molecule has 2 N–H and O–H groups in total. The average molecular weight is 496 g/mol. The monoisotopic (exact) mass is 495 g/mol. The number of unbranched alkanes of at least 4 members (excludes halogenated alkanes) is 2. The van der Waals surface area contributed by atoms with Gasteiger partial charge in [0.25, 0.3) is 5.56 Å². The number of hydrogen-bond acceptors (Lipinski definition) is 6. The van der Waals surface area contributed by atoms with Gasteiger partial charge in [0.1, 0.15) is 28.5 Å². The number of aromatic nitrogens is 4. The number of nitrogens with one attached hydrogen (secondary N) is 2. The summed E-state index contributed by atoms with van der Waals surface area (Å²) in [6, 6.07) is 17.2. The van der Waals surface area contributed by atoms with Gasteiger partial charge in [-0.15, -0.1) is 0 Å². The molecule has 4 rings (SSSR count). The molecule has 1 atom stereocenters. The first-order valence-corrected chi connectivity index (χ1v) is 12.6. The average Bonchev–Trinajstić information content (AvgIpc) is 3.27. The van der Waals surface area contributed by atoms with Crippen LogP contribution in [0.1, 0.15) is 42.6 Å². The Kier molecular flexibility index (Phi) is 8.27. The second-order valence-corrected chi connectivity index (χ2v) is 8.91. The van der Waals surface area contributed by atoms with Crippen molar-refractivity contribution in [1.29, 1.82) is 0 Å². The zero-order chi connectivity index (χ0) is 24.6. The summed E-state index contributed by atoms with van der Waals surface area (Å²) in [5.74, 6) is 0.989. The maximum Gasteiger partial charge on any atom is 0.330 e. The van der Waals surface area contributed by atoms with Gasteiger partial charge in [0.2, 0.25) is 0 Å². The van der Waals surface area contributed by atoms with Crippen molar-refractivity contribution in [3.05, 3.63) is 92.4 Å². The SMILES string of the molecule is O=c1[nH]c(=O)n(CCCCc2ccccc2OS(=O)[O-])c2nc(CCCCc3ccccc3)[nH]c12. The van der Waals surface area contributed by atoms with E-state index in [1.165, 1.54) is 10.1 Å². The molecule has 0 saturated carbocycles. The molecule has 0 saturated heterocycles. The minimum atomic E-state index is -2.64. The molecule has 2 heterocycles. The standard InChI is InChI=1S/C25H28N4O5S/c30-24-22-23(27-21(26-22)16-7-4-12-18-10-2-1-3-11-18)29(25(31)28-24)17-9-8-14-19-13-5-6-15-20(19)34-35(32)33/h1-3,5-6,10-11,13,15H,4,7-9,12,14,16-17H2,(H,26,27)(H,32,33)(H,28,30,31)/p-1. The molecule has 0 amide bonds. The molecule has 0 aliphatic rings. The van der Waals surface area contributed by atoms with Crippen LogP contribution in [0.2, 0.25) is 0 Å². The molecular formula is C25H27N4O5S-. The van der Waals surface area contributed by atoms with Crippen LogP contribution in [0.15, 0.2) is 64.2 Å². The molecule has 35 heavy (non-hydrogen) atoms. The highest BCUT2D eigenvalue weighted by Crippen LogP contribution is 2.21. The Hall–Kier alpha value is -3.50. The third-order valence-electron chi connectivity index (χ3n) is 5.86. The molecule has 0 aliphatic heterocycles. The van der Waals surface area contributed by atoms with E-state index in [0.29, 0.717) is 55.0 Å². The Morgan fingerprint density at radius 1 is 0.886 bits per heavy atom. The molecule has 0 spiro atoms. The van der Waals surface area contributed by atoms with E-state index in [1.54, 1.807) is 12.1 Å². The predicted octanol–water partition coefficient (Wildman–Crippen LogP) is 3.17. The number of rotatable bonds is 12. The van der Waals surface area contributed by atoms with Crippen molar-refractivity contribution < 1.29 is 12.9 Å². The minimum absolute atomic E-state index is 0.300. The number of fused-ring (bicyclic) bond motifs is 1. The summed E-state index contributed by atoms with van der Waals surface area (Å²) in [6.07, 6.45) is 5.48. The van der Waals surface area contributed by atoms with E-state index in [-0.39, 0.29) is 0 Å². The van der Waals surface area contributed by atoms with E-state index in [4.69, 9.17) is 4.18 Å². The molecule has 0 fully saturated rings. The molecule has 2 aromatic heterocycles. The highest BCUT2D eigenvalue weighted by molar-refractivity contribution is 7.74. The highest BCUT2D eigenvalue weighted by atomic mass is 32.2. The first-order valence-electron chi connectivity index (χ1n) is 11.6. The first kappa shape index (κ1) is 24.6. The van der Waals surface area contributed by atoms with Gasteiger partial charge in [0, 0.05) is 13.0 Å². The number of H-pyrrole nitrogens is 2. The highest BCUT2D eigenvalue weighted by Gasteiger charge is 2.13. The van der Waals surface area contributed by atoms with Crippen molar-refractivity contribution >= 4 is 22.5 Å². The van der Waals surface area contributed by atoms with Crippen molar-refractivity contribution in [1.82, 2.24) is 19.5 Å². The molecule has 10 heteroatoms. The summed E-state index contributed by atoms with van der Waals surface area (Å²) in [4.78, 5) is 34.8. The maximum absolute atomic E-state index is 12.5. The van der Waals surface area contributed by atoms with Crippen molar-refractivity contribution in [2.75, 3.05) is 0 Å². The fourth-order valence-corrected chi connectivity index (χ4v) is 4.44. The van der Waals surface area contributed by atoms with Crippen LogP contribution < -0.4 is 15.4 Å². The number of hydrogen-bond donors (Lipinski definition) is 2. The normalized spacial score (nSPS) is 12.1. The molecule has 2 aromatic carbocycles. The zero-order valence-electron chi connectivity index (χ0n) is 19.2. The van der Waals surface area contributed by atoms with Gasteiger partial charge in [-0.05, 0) is 55.7 Å². The molecule has 0 radical (unpaired) electrons. The molecule has 0 aliphatic carbocycles. The number of aromatic amines is 2. The van der Waals surface area contributed by atoms with Crippen LogP contribution >= 0.6 is 0 Å².